The lowest BCUT2D eigenvalue weighted by Gasteiger charge is -2.34. The number of piperidine rings is 1. The monoisotopic (exact) mass is 441 g/mol. The Labute approximate surface area is 185 Å². The van der Waals surface area contributed by atoms with Crippen LogP contribution in [0.4, 0.5) is 11.4 Å². The minimum atomic E-state index is -3.63. The number of amides is 1. The third-order valence-electron chi connectivity index (χ3n) is 6.17. The lowest BCUT2D eigenvalue weighted by Crippen LogP contribution is -2.42. The molecule has 2 aromatic rings. The SMILES string of the molecule is CC1CC(C)CN(S(=O)(=O)c2cccc(C(=O)Nc3ccccc3N3CCCC3)c2)C1. The van der Waals surface area contributed by atoms with Crippen molar-refractivity contribution in [2.75, 3.05) is 36.4 Å². The van der Waals surface area contributed by atoms with Crippen LogP contribution in [-0.4, -0.2) is 44.8 Å². The molecule has 166 valence electrons. The van der Waals surface area contributed by atoms with E-state index in [1.165, 1.54) is 6.07 Å². The summed E-state index contributed by atoms with van der Waals surface area (Å²) in [6, 6.07) is 14.1. The Hall–Kier alpha value is -2.38. The number of nitrogens with one attached hydrogen (secondary N) is 1. The van der Waals surface area contributed by atoms with Gasteiger partial charge in [-0.1, -0.05) is 32.0 Å². The first kappa shape index (κ1) is 21.8. The summed E-state index contributed by atoms with van der Waals surface area (Å²) >= 11 is 0. The average Bonchev–Trinajstić information content (AvgIpc) is 3.28. The van der Waals surface area contributed by atoms with Gasteiger partial charge in [0, 0.05) is 31.7 Å². The second kappa shape index (κ2) is 9.01. The van der Waals surface area contributed by atoms with E-state index < -0.39 is 10.0 Å². The van der Waals surface area contributed by atoms with Crippen LogP contribution in [0.5, 0.6) is 0 Å². The number of hydrogen-bond donors (Lipinski definition) is 1. The number of rotatable bonds is 5. The summed E-state index contributed by atoms with van der Waals surface area (Å²) in [5.41, 5.74) is 2.10. The summed E-state index contributed by atoms with van der Waals surface area (Å²) in [4.78, 5) is 15.5. The Morgan fingerprint density at radius 3 is 2.35 bits per heavy atom. The highest BCUT2D eigenvalue weighted by Gasteiger charge is 2.32. The van der Waals surface area contributed by atoms with Crippen molar-refractivity contribution in [3.63, 3.8) is 0 Å². The topological polar surface area (TPSA) is 69.7 Å². The first-order chi connectivity index (χ1) is 14.8. The molecule has 2 atom stereocenters. The Morgan fingerprint density at radius 2 is 1.65 bits per heavy atom. The Kier molecular flexibility index (Phi) is 6.34. The van der Waals surface area contributed by atoms with E-state index in [9.17, 15) is 13.2 Å². The van der Waals surface area contributed by atoms with Gasteiger partial charge in [-0.3, -0.25) is 4.79 Å². The van der Waals surface area contributed by atoms with E-state index in [2.05, 4.69) is 24.1 Å². The first-order valence-corrected chi connectivity index (χ1v) is 12.5. The summed E-state index contributed by atoms with van der Waals surface area (Å²) < 4.78 is 28.0. The lowest BCUT2D eigenvalue weighted by atomic mass is 9.94. The van der Waals surface area contributed by atoms with E-state index in [4.69, 9.17) is 0 Å². The highest BCUT2D eigenvalue weighted by atomic mass is 32.2. The van der Waals surface area contributed by atoms with Crippen LogP contribution in [0.2, 0.25) is 0 Å². The maximum atomic E-state index is 13.2. The zero-order valence-corrected chi connectivity index (χ0v) is 19.1. The van der Waals surface area contributed by atoms with Gasteiger partial charge in [0.05, 0.1) is 16.3 Å². The van der Waals surface area contributed by atoms with Crippen LogP contribution in [0.25, 0.3) is 0 Å². The highest BCUT2D eigenvalue weighted by molar-refractivity contribution is 7.89. The van der Waals surface area contributed by atoms with Gasteiger partial charge in [0.1, 0.15) is 0 Å². The zero-order valence-electron chi connectivity index (χ0n) is 18.3. The molecule has 0 spiro atoms. The quantitative estimate of drug-likeness (QED) is 0.755. The van der Waals surface area contributed by atoms with Crippen molar-refractivity contribution in [3.05, 3.63) is 54.1 Å². The number of nitrogens with zero attached hydrogens (tertiary/aromatic N) is 2. The normalized spacial score (nSPS) is 22.5. The molecule has 2 aliphatic heterocycles. The fourth-order valence-corrected chi connectivity index (χ4v) is 6.48. The van der Waals surface area contributed by atoms with Gasteiger partial charge >= 0.3 is 0 Å². The van der Waals surface area contributed by atoms with Crippen LogP contribution in [0.1, 0.15) is 43.5 Å². The molecule has 0 radical (unpaired) electrons. The van der Waals surface area contributed by atoms with Crippen molar-refractivity contribution in [2.45, 2.75) is 38.0 Å². The molecule has 0 bridgehead atoms. The van der Waals surface area contributed by atoms with Crippen molar-refractivity contribution >= 4 is 27.3 Å². The molecule has 6 nitrogen and oxygen atoms in total. The van der Waals surface area contributed by atoms with Crippen molar-refractivity contribution in [2.24, 2.45) is 11.8 Å². The molecular formula is C24H31N3O3S. The lowest BCUT2D eigenvalue weighted by molar-refractivity contribution is 0.102. The molecule has 1 N–H and O–H groups in total. The van der Waals surface area contributed by atoms with E-state index in [1.54, 1.807) is 22.5 Å². The number of para-hydroxylation sites is 2. The number of sulfonamides is 1. The van der Waals surface area contributed by atoms with Crippen molar-refractivity contribution in [3.8, 4) is 0 Å². The van der Waals surface area contributed by atoms with Gasteiger partial charge in [-0.2, -0.15) is 4.31 Å². The Balaban J connectivity index is 1.55. The van der Waals surface area contributed by atoms with Crippen LogP contribution in [0.3, 0.4) is 0 Å². The maximum absolute atomic E-state index is 13.2. The molecule has 2 aromatic carbocycles. The van der Waals surface area contributed by atoms with Gasteiger partial charge in [0.25, 0.3) is 5.91 Å². The number of hydrogen-bond acceptors (Lipinski definition) is 4. The third-order valence-corrected chi connectivity index (χ3v) is 8.00. The molecule has 2 saturated heterocycles. The molecule has 2 aliphatic rings. The molecule has 2 heterocycles. The molecule has 4 rings (SSSR count). The number of carbonyl (C=O) groups excluding carboxylic acids is 1. The highest BCUT2D eigenvalue weighted by Crippen LogP contribution is 2.30. The molecule has 2 unspecified atom stereocenters. The largest absolute Gasteiger partial charge is 0.370 e. The Morgan fingerprint density at radius 1 is 0.968 bits per heavy atom. The fourth-order valence-electron chi connectivity index (χ4n) is 4.76. The minimum absolute atomic E-state index is 0.175. The maximum Gasteiger partial charge on any atom is 0.255 e. The van der Waals surface area contributed by atoms with Gasteiger partial charge in [0.2, 0.25) is 10.0 Å². The number of benzene rings is 2. The molecule has 1 amide bonds. The van der Waals surface area contributed by atoms with Crippen molar-refractivity contribution < 1.29 is 13.2 Å². The van der Waals surface area contributed by atoms with E-state index >= 15 is 0 Å². The molecule has 0 aliphatic carbocycles. The number of anilines is 2. The van der Waals surface area contributed by atoms with E-state index in [-0.39, 0.29) is 10.8 Å². The summed E-state index contributed by atoms with van der Waals surface area (Å²) in [5, 5.41) is 2.99. The van der Waals surface area contributed by atoms with Crippen LogP contribution >= 0.6 is 0 Å². The third kappa shape index (κ3) is 4.77. The van der Waals surface area contributed by atoms with Crippen LogP contribution in [0.15, 0.2) is 53.4 Å². The molecule has 31 heavy (non-hydrogen) atoms. The predicted molar refractivity (Wildman–Crippen MR) is 124 cm³/mol. The smallest absolute Gasteiger partial charge is 0.255 e. The van der Waals surface area contributed by atoms with Gasteiger partial charge in [-0.15, -0.1) is 0 Å². The molecular weight excluding hydrogens is 410 g/mol. The van der Waals surface area contributed by atoms with E-state index in [0.29, 0.717) is 30.5 Å². The van der Waals surface area contributed by atoms with Gasteiger partial charge < -0.3 is 10.2 Å². The molecule has 7 heteroatoms. The van der Waals surface area contributed by atoms with Gasteiger partial charge in [-0.05, 0) is 61.4 Å². The first-order valence-electron chi connectivity index (χ1n) is 11.1. The average molecular weight is 442 g/mol. The van der Waals surface area contributed by atoms with Crippen LogP contribution < -0.4 is 10.2 Å². The standard InChI is InChI=1S/C24H31N3O3S/c1-18-14-19(2)17-27(16-18)31(29,30)21-9-7-8-20(15-21)24(28)25-22-10-3-4-11-23(22)26-12-5-6-13-26/h3-4,7-11,15,18-19H,5-6,12-14,16-17H2,1-2H3,(H,25,28). The summed E-state index contributed by atoms with van der Waals surface area (Å²) in [6.07, 6.45) is 3.33. The second-order valence-electron chi connectivity index (χ2n) is 8.96. The van der Waals surface area contributed by atoms with Crippen molar-refractivity contribution in [1.29, 1.82) is 0 Å². The Bertz CT molecular complexity index is 1040. The number of carbonyl (C=O) groups is 1. The van der Waals surface area contributed by atoms with Crippen LogP contribution in [0, 0.1) is 11.8 Å². The zero-order chi connectivity index (χ0) is 22.0. The molecule has 0 aromatic heterocycles. The fraction of sp³-hybridized carbons (Fsp3) is 0.458. The summed E-state index contributed by atoms with van der Waals surface area (Å²) in [5.74, 6) is 0.350. The molecule has 2 fully saturated rings. The van der Waals surface area contributed by atoms with Gasteiger partial charge in [0.15, 0.2) is 0 Å². The molecule has 0 saturated carbocycles. The van der Waals surface area contributed by atoms with Crippen LogP contribution in [-0.2, 0) is 10.0 Å². The summed E-state index contributed by atoms with van der Waals surface area (Å²) in [6.45, 7) is 7.17. The second-order valence-corrected chi connectivity index (χ2v) is 10.9. The van der Waals surface area contributed by atoms with Crippen molar-refractivity contribution in [1.82, 2.24) is 4.31 Å². The predicted octanol–water partition coefficient (Wildman–Crippen LogP) is 4.21. The van der Waals surface area contributed by atoms with Gasteiger partial charge in [-0.25, -0.2) is 8.42 Å². The van der Waals surface area contributed by atoms with E-state index in [1.807, 2.05) is 24.3 Å². The van der Waals surface area contributed by atoms with E-state index in [0.717, 1.165) is 43.7 Å². The summed E-state index contributed by atoms with van der Waals surface area (Å²) in [7, 11) is -3.63. The minimum Gasteiger partial charge on any atom is -0.370 e.